The minimum Gasteiger partial charge on any atom is -0.495 e. The standard InChI is InChI=1S/C24H29N5O3.C21H24N4O3/c1-16-5-3-4-6-19(16)28-23-17-13-22(31-2)21(14-20(17)27-15-18(23)24(25)30)26-7-8-29-9-11-32-12-10-29;1-13-6-4-5-7-16(13)25-20-14-10-19(28-3)18(23-8-9-27-2)11-17(14)24-12-15(20)21(22)26/h3-6,13-15,26H,7-12H2,1-2H3,(H2,25,30)(H,27,28);4-7,10-12,23H,8-9H2,1-3H3,(H2,22,26)(H,24,25). The van der Waals surface area contributed by atoms with Crippen molar-refractivity contribution in [1.29, 1.82) is 0 Å². The third-order valence-electron chi connectivity index (χ3n) is 10.2. The van der Waals surface area contributed by atoms with Gasteiger partial charge in [0.25, 0.3) is 11.8 Å². The highest BCUT2D eigenvalue weighted by molar-refractivity contribution is 6.09. The summed E-state index contributed by atoms with van der Waals surface area (Å²) in [5.41, 5.74) is 20.1. The Balaban J connectivity index is 0.000000203. The van der Waals surface area contributed by atoms with Gasteiger partial charge in [0.15, 0.2) is 0 Å². The van der Waals surface area contributed by atoms with Crippen LogP contribution in [0.25, 0.3) is 21.8 Å². The molecule has 0 bridgehead atoms. The lowest BCUT2D eigenvalue weighted by atomic mass is 10.1. The number of rotatable bonds is 16. The molecule has 15 heteroatoms. The average molecular weight is 816 g/mol. The Morgan fingerprint density at radius 1 is 0.683 bits per heavy atom. The van der Waals surface area contributed by atoms with E-state index in [-0.39, 0.29) is 0 Å². The molecule has 0 atom stereocenters. The largest absolute Gasteiger partial charge is 0.495 e. The van der Waals surface area contributed by atoms with Gasteiger partial charge in [-0.2, -0.15) is 0 Å². The van der Waals surface area contributed by atoms with Crippen molar-refractivity contribution in [2.45, 2.75) is 13.8 Å². The summed E-state index contributed by atoms with van der Waals surface area (Å²) in [4.78, 5) is 35.4. The molecule has 1 fully saturated rings. The predicted molar refractivity (Wildman–Crippen MR) is 239 cm³/mol. The first-order valence-corrected chi connectivity index (χ1v) is 19.6. The van der Waals surface area contributed by atoms with E-state index < -0.39 is 11.8 Å². The van der Waals surface area contributed by atoms with E-state index in [1.807, 2.05) is 86.6 Å². The zero-order valence-electron chi connectivity index (χ0n) is 34.7. The van der Waals surface area contributed by atoms with Crippen LogP contribution < -0.4 is 42.2 Å². The van der Waals surface area contributed by atoms with Crippen molar-refractivity contribution < 1.29 is 28.5 Å². The number of pyridine rings is 2. The number of hydrogen-bond donors (Lipinski definition) is 6. The highest BCUT2D eigenvalue weighted by atomic mass is 16.5. The van der Waals surface area contributed by atoms with E-state index in [1.54, 1.807) is 21.3 Å². The molecule has 1 aliphatic heterocycles. The van der Waals surface area contributed by atoms with Crippen LogP contribution in [0.15, 0.2) is 85.2 Å². The molecule has 4 aromatic carbocycles. The Kier molecular flexibility index (Phi) is 14.5. The second-order valence-electron chi connectivity index (χ2n) is 14.1. The van der Waals surface area contributed by atoms with Crippen LogP contribution in [0, 0.1) is 13.8 Å². The molecule has 60 heavy (non-hydrogen) atoms. The van der Waals surface area contributed by atoms with E-state index in [0.29, 0.717) is 52.7 Å². The number of benzene rings is 4. The number of nitrogens with zero attached hydrogens (tertiary/aromatic N) is 3. The fourth-order valence-corrected chi connectivity index (χ4v) is 6.85. The van der Waals surface area contributed by atoms with Crippen molar-refractivity contribution in [3.05, 3.63) is 107 Å². The molecule has 7 rings (SSSR count). The van der Waals surface area contributed by atoms with Crippen LogP contribution in [0.1, 0.15) is 31.8 Å². The molecule has 0 unspecified atom stereocenters. The lowest BCUT2D eigenvalue weighted by Crippen LogP contribution is -2.39. The van der Waals surface area contributed by atoms with E-state index in [1.165, 1.54) is 12.4 Å². The Labute approximate surface area is 349 Å². The summed E-state index contributed by atoms with van der Waals surface area (Å²) < 4.78 is 21.7. The number of anilines is 6. The summed E-state index contributed by atoms with van der Waals surface area (Å²) in [6, 6.07) is 23.3. The van der Waals surface area contributed by atoms with Gasteiger partial charge in [-0.05, 0) is 61.4 Å². The van der Waals surface area contributed by atoms with Crippen LogP contribution in [0.2, 0.25) is 0 Å². The Morgan fingerprint density at radius 3 is 1.58 bits per heavy atom. The Morgan fingerprint density at radius 2 is 1.15 bits per heavy atom. The van der Waals surface area contributed by atoms with Crippen molar-refractivity contribution >= 4 is 67.7 Å². The number of morpholine rings is 1. The highest BCUT2D eigenvalue weighted by Crippen LogP contribution is 2.38. The van der Waals surface area contributed by atoms with Crippen LogP contribution in [-0.2, 0) is 9.47 Å². The minimum atomic E-state index is -0.549. The number of aromatic nitrogens is 2. The maximum absolute atomic E-state index is 12.1. The van der Waals surface area contributed by atoms with Crippen LogP contribution >= 0.6 is 0 Å². The van der Waals surface area contributed by atoms with Crippen LogP contribution in [-0.4, -0.2) is 101 Å². The zero-order valence-corrected chi connectivity index (χ0v) is 34.7. The van der Waals surface area contributed by atoms with E-state index in [2.05, 4.69) is 36.1 Å². The van der Waals surface area contributed by atoms with Gasteiger partial charge in [0, 0.05) is 74.4 Å². The third kappa shape index (κ3) is 10.3. The Bertz CT molecular complexity index is 2460. The molecular weight excluding hydrogens is 763 g/mol. The SMILES string of the molecule is COCCNc1cc2ncc(C(N)=O)c(Nc3ccccc3C)c2cc1OC.COc1cc2c(Nc3ccccc3C)c(C(N)=O)cnc2cc1NCCN1CCOCC1. The number of hydrogen-bond acceptors (Lipinski definition) is 13. The number of primary amides is 2. The molecule has 1 saturated heterocycles. The fraction of sp³-hybridized carbons (Fsp3) is 0.289. The average Bonchev–Trinajstić information content (AvgIpc) is 3.25. The van der Waals surface area contributed by atoms with Gasteiger partial charge < -0.3 is 51.7 Å². The van der Waals surface area contributed by atoms with Crippen molar-refractivity contribution in [3.63, 3.8) is 0 Å². The van der Waals surface area contributed by atoms with Gasteiger partial charge in [-0.3, -0.25) is 24.5 Å². The normalized spacial score (nSPS) is 12.6. The summed E-state index contributed by atoms with van der Waals surface area (Å²) >= 11 is 0. The van der Waals surface area contributed by atoms with Gasteiger partial charge in [0.1, 0.15) is 11.5 Å². The van der Waals surface area contributed by atoms with Crippen molar-refractivity contribution in [1.82, 2.24) is 14.9 Å². The first-order valence-electron chi connectivity index (χ1n) is 19.6. The number of fused-ring (bicyclic) bond motifs is 2. The molecule has 2 aromatic heterocycles. The van der Waals surface area contributed by atoms with E-state index >= 15 is 0 Å². The lowest BCUT2D eigenvalue weighted by molar-refractivity contribution is 0.0398. The van der Waals surface area contributed by atoms with Crippen LogP contribution in [0.5, 0.6) is 11.5 Å². The molecule has 0 spiro atoms. The molecule has 0 aliphatic carbocycles. The number of para-hydroxylation sites is 2. The first-order chi connectivity index (χ1) is 29.1. The summed E-state index contributed by atoms with van der Waals surface area (Å²) in [5, 5.41) is 15.0. The smallest absolute Gasteiger partial charge is 0.252 e. The molecule has 1 aliphatic rings. The van der Waals surface area contributed by atoms with Gasteiger partial charge in [-0.25, -0.2) is 0 Å². The van der Waals surface area contributed by atoms with Crippen molar-refractivity contribution in [2.24, 2.45) is 11.5 Å². The topological polar surface area (TPSA) is 200 Å². The zero-order chi connectivity index (χ0) is 42.6. The number of ether oxygens (including phenoxy) is 4. The number of nitrogens with two attached hydrogens (primary N) is 2. The number of nitrogens with one attached hydrogen (secondary N) is 4. The number of carbonyl (C=O) groups is 2. The maximum Gasteiger partial charge on any atom is 0.252 e. The number of aryl methyl sites for hydroxylation is 2. The second kappa shape index (κ2) is 20.3. The highest BCUT2D eigenvalue weighted by Gasteiger charge is 2.19. The van der Waals surface area contributed by atoms with Gasteiger partial charge in [0.05, 0.1) is 79.0 Å². The maximum atomic E-state index is 12.1. The minimum absolute atomic E-state index is 0.317. The van der Waals surface area contributed by atoms with Crippen molar-refractivity contribution in [3.8, 4) is 11.5 Å². The molecule has 0 radical (unpaired) electrons. The second-order valence-corrected chi connectivity index (χ2v) is 14.1. The van der Waals surface area contributed by atoms with Crippen molar-refractivity contribution in [2.75, 3.05) is 95.1 Å². The summed E-state index contributed by atoms with van der Waals surface area (Å²) in [6.45, 7) is 10.3. The van der Waals surface area contributed by atoms with E-state index in [0.717, 1.165) is 89.6 Å². The molecular formula is C45H53N9O6. The van der Waals surface area contributed by atoms with E-state index in [9.17, 15) is 9.59 Å². The predicted octanol–water partition coefficient (Wildman–Crippen LogP) is 6.59. The quantitative estimate of drug-likeness (QED) is 0.0573. The number of methoxy groups -OCH3 is 3. The number of carbonyl (C=O) groups excluding carboxylic acids is 2. The van der Waals surface area contributed by atoms with Gasteiger partial charge in [-0.1, -0.05) is 36.4 Å². The fourth-order valence-electron chi connectivity index (χ4n) is 6.85. The van der Waals surface area contributed by atoms with Crippen LogP contribution in [0.4, 0.5) is 34.1 Å². The summed E-state index contributed by atoms with van der Waals surface area (Å²) in [6.07, 6.45) is 3.02. The molecule has 2 amide bonds. The number of amides is 2. The van der Waals surface area contributed by atoms with Gasteiger partial charge >= 0.3 is 0 Å². The van der Waals surface area contributed by atoms with Crippen LogP contribution in [0.3, 0.4) is 0 Å². The molecule has 314 valence electrons. The Hall–Kier alpha value is -6.68. The van der Waals surface area contributed by atoms with Gasteiger partial charge in [-0.15, -0.1) is 0 Å². The monoisotopic (exact) mass is 815 g/mol. The lowest BCUT2D eigenvalue weighted by Gasteiger charge is -2.26. The molecule has 15 nitrogen and oxygen atoms in total. The first kappa shape index (κ1) is 42.9. The summed E-state index contributed by atoms with van der Waals surface area (Å²) in [5.74, 6) is 0.226. The molecule has 0 saturated carbocycles. The molecule has 8 N–H and O–H groups in total. The molecule has 6 aromatic rings. The summed E-state index contributed by atoms with van der Waals surface area (Å²) in [7, 11) is 4.88. The van der Waals surface area contributed by atoms with E-state index in [4.69, 9.17) is 30.4 Å². The van der Waals surface area contributed by atoms with Gasteiger partial charge in [0.2, 0.25) is 0 Å². The third-order valence-corrected chi connectivity index (χ3v) is 10.2. The molecule has 3 heterocycles.